The molecular formula is C20H15N5OS. The van der Waals surface area contributed by atoms with Gasteiger partial charge in [-0.1, -0.05) is 59.9 Å². The topological polar surface area (TPSA) is 72.7 Å². The molecule has 0 radical (unpaired) electrons. The average Bonchev–Trinajstić information content (AvgIpc) is 3.37. The Balaban J connectivity index is 1.40. The molecule has 2 aromatic carbocycles. The first-order valence-corrected chi connectivity index (χ1v) is 9.08. The van der Waals surface area contributed by atoms with Crippen LogP contribution in [0.3, 0.4) is 0 Å². The Morgan fingerprint density at radius 3 is 2.52 bits per heavy atom. The largest absolute Gasteiger partial charge is 0.297 e. The predicted molar refractivity (Wildman–Crippen MR) is 107 cm³/mol. The third kappa shape index (κ3) is 4.16. The first kappa shape index (κ1) is 16.9. The second-order valence-electron chi connectivity index (χ2n) is 5.65. The van der Waals surface area contributed by atoms with Gasteiger partial charge in [-0.2, -0.15) is 5.10 Å². The highest BCUT2D eigenvalue weighted by Crippen LogP contribution is 2.25. The Bertz CT molecular complexity index is 1070. The molecule has 7 heteroatoms. The summed E-state index contributed by atoms with van der Waals surface area (Å²) in [5, 5.41) is 16.4. The molecule has 1 amide bonds. The fourth-order valence-electron chi connectivity index (χ4n) is 2.43. The van der Waals surface area contributed by atoms with E-state index in [1.54, 1.807) is 17.0 Å². The second kappa shape index (κ2) is 7.76. The van der Waals surface area contributed by atoms with Gasteiger partial charge in [-0.05, 0) is 18.2 Å². The van der Waals surface area contributed by atoms with Crippen LogP contribution >= 0.6 is 11.3 Å². The summed E-state index contributed by atoms with van der Waals surface area (Å²) in [6, 6.07) is 19.5. The van der Waals surface area contributed by atoms with Crippen molar-refractivity contribution in [3.05, 3.63) is 84.7 Å². The minimum absolute atomic E-state index is 0.266. The quantitative estimate of drug-likeness (QED) is 0.536. The second-order valence-corrected chi connectivity index (χ2v) is 6.63. The summed E-state index contributed by atoms with van der Waals surface area (Å²) < 4.78 is 1.76. The summed E-state index contributed by atoms with van der Waals surface area (Å²) in [7, 11) is 0. The summed E-state index contributed by atoms with van der Waals surface area (Å²) in [5.74, 6) is -0.266. The number of rotatable bonds is 5. The zero-order chi connectivity index (χ0) is 18.5. The molecule has 0 atom stereocenters. The van der Waals surface area contributed by atoms with Crippen molar-refractivity contribution in [3.8, 4) is 16.3 Å². The van der Waals surface area contributed by atoms with Crippen molar-refractivity contribution in [3.63, 3.8) is 0 Å². The molecule has 0 aliphatic rings. The van der Waals surface area contributed by atoms with E-state index in [1.165, 1.54) is 17.4 Å². The molecule has 0 aliphatic carbocycles. The first-order chi connectivity index (χ1) is 13.3. The molecule has 0 spiro atoms. The van der Waals surface area contributed by atoms with E-state index in [0.29, 0.717) is 5.13 Å². The number of carbonyl (C=O) groups excluding carboxylic acids is 1. The van der Waals surface area contributed by atoms with Crippen LogP contribution in [0.5, 0.6) is 0 Å². The monoisotopic (exact) mass is 373 g/mol. The summed E-state index contributed by atoms with van der Waals surface area (Å²) in [5.41, 5.74) is 2.76. The molecule has 27 heavy (non-hydrogen) atoms. The van der Waals surface area contributed by atoms with Gasteiger partial charge in [-0.25, -0.2) is 4.68 Å². The van der Waals surface area contributed by atoms with Crippen LogP contribution in [0.1, 0.15) is 5.56 Å². The highest BCUT2D eigenvalue weighted by Gasteiger charge is 2.08. The molecule has 2 heterocycles. The number of benzene rings is 2. The van der Waals surface area contributed by atoms with E-state index in [-0.39, 0.29) is 5.91 Å². The average molecular weight is 373 g/mol. The van der Waals surface area contributed by atoms with Gasteiger partial charge in [0.2, 0.25) is 11.0 Å². The Labute approximate surface area is 159 Å². The molecule has 0 bridgehead atoms. The van der Waals surface area contributed by atoms with Gasteiger partial charge in [-0.3, -0.25) is 10.1 Å². The number of hydrogen-bond donors (Lipinski definition) is 1. The maximum atomic E-state index is 12.1. The molecule has 0 saturated carbocycles. The Morgan fingerprint density at radius 1 is 1.00 bits per heavy atom. The van der Waals surface area contributed by atoms with Crippen LogP contribution in [-0.4, -0.2) is 25.9 Å². The number of amides is 1. The van der Waals surface area contributed by atoms with Gasteiger partial charge in [0.05, 0.1) is 11.9 Å². The molecule has 132 valence electrons. The van der Waals surface area contributed by atoms with E-state index in [4.69, 9.17) is 0 Å². The van der Waals surface area contributed by atoms with Crippen molar-refractivity contribution in [2.24, 2.45) is 0 Å². The van der Waals surface area contributed by atoms with Crippen LogP contribution in [-0.2, 0) is 4.79 Å². The number of carbonyl (C=O) groups is 1. The SMILES string of the molecule is O=C(/C=C/c1cnn(-c2ccccc2)c1)Nc1nnc(-c2ccccc2)s1. The van der Waals surface area contributed by atoms with Crippen LogP contribution in [0.25, 0.3) is 22.3 Å². The minimum atomic E-state index is -0.266. The highest BCUT2D eigenvalue weighted by molar-refractivity contribution is 7.18. The predicted octanol–water partition coefficient (Wildman–Crippen LogP) is 4.04. The van der Waals surface area contributed by atoms with Gasteiger partial charge < -0.3 is 0 Å². The number of nitrogens with one attached hydrogen (secondary N) is 1. The van der Waals surface area contributed by atoms with Crippen molar-refractivity contribution in [2.45, 2.75) is 0 Å². The molecule has 2 aromatic heterocycles. The molecule has 4 aromatic rings. The Kier molecular flexibility index (Phi) is 4.84. The lowest BCUT2D eigenvalue weighted by Crippen LogP contribution is -2.07. The molecular weight excluding hydrogens is 358 g/mol. The zero-order valence-corrected chi connectivity index (χ0v) is 15.0. The molecule has 1 N–H and O–H groups in total. The van der Waals surface area contributed by atoms with Gasteiger partial charge in [0.15, 0.2) is 0 Å². The Hall–Kier alpha value is -3.58. The van der Waals surface area contributed by atoms with Crippen molar-refractivity contribution in [1.29, 1.82) is 0 Å². The molecule has 6 nitrogen and oxygen atoms in total. The minimum Gasteiger partial charge on any atom is -0.297 e. The van der Waals surface area contributed by atoms with Crippen LogP contribution in [0.2, 0.25) is 0 Å². The van der Waals surface area contributed by atoms with Crippen molar-refractivity contribution in [2.75, 3.05) is 5.32 Å². The third-order valence-electron chi connectivity index (χ3n) is 3.73. The van der Waals surface area contributed by atoms with Crippen LogP contribution in [0, 0.1) is 0 Å². The summed E-state index contributed by atoms with van der Waals surface area (Å²) in [6.07, 6.45) is 6.73. The van der Waals surface area contributed by atoms with Crippen molar-refractivity contribution in [1.82, 2.24) is 20.0 Å². The summed E-state index contributed by atoms with van der Waals surface area (Å²) in [4.78, 5) is 12.1. The van der Waals surface area contributed by atoms with E-state index in [1.807, 2.05) is 66.9 Å². The lowest BCUT2D eigenvalue weighted by atomic mass is 10.2. The lowest BCUT2D eigenvalue weighted by molar-refractivity contribution is -0.111. The summed E-state index contributed by atoms with van der Waals surface area (Å²) in [6.45, 7) is 0. The van der Waals surface area contributed by atoms with E-state index in [9.17, 15) is 4.79 Å². The fraction of sp³-hybridized carbons (Fsp3) is 0. The maximum absolute atomic E-state index is 12.1. The smallest absolute Gasteiger partial charge is 0.250 e. The van der Waals surface area contributed by atoms with E-state index in [0.717, 1.165) is 21.8 Å². The van der Waals surface area contributed by atoms with Gasteiger partial charge in [-0.15, -0.1) is 10.2 Å². The van der Waals surface area contributed by atoms with Gasteiger partial charge in [0, 0.05) is 23.4 Å². The van der Waals surface area contributed by atoms with E-state index >= 15 is 0 Å². The van der Waals surface area contributed by atoms with Gasteiger partial charge in [0.25, 0.3) is 0 Å². The highest BCUT2D eigenvalue weighted by atomic mass is 32.1. The maximum Gasteiger partial charge on any atom is 0.250 e. The molecule has 0 aliphatic heterocycles. The Morgan fingerprint density at radius 2 is 1.74 bits per heavy atom. The number of anilines is 1. The molecule has 0 saturated heterocycles. The third-order valence-corrected chi connectivity index (χ3v) is 4.61. The number of para-hydroxylation sites is 1. The van der Waals surface area contributed by atoms with Crippen LogP contribution < -0.4 is 5.32 Å². The van der Waals surface area contributed by atoms with E-state index in [2.05, 4.69) is 20.6 Å². The molecule has 0 unspecified atom stereocenters. The van der Waals surface area contributed by atoms with Gasteiger partial charge in [0.1, 0.15) is 5.01 Å². The number of hydrogen-bond acceptors (Lipinski definition) is 5. The molecule has 4 rings (SSSR count). The summed E-state index contributed by atoms with van der Waals surface area (Å²) >= 11 is 1.33. The number of nitrogens with zero attached hydrogens (tertiary/aromatic N) is 4. The van der Waals surface area contributed by atoms with E-state index < -0.39 is 0 Å². The normalized spacial score (nSPS) is 11.0. The van der Waals surface area contributed by atoms with Crippen LogP contribution in [0.15, 0.2) is 79.1 Å². The standard InChI is InChI=1S/C20H15N5OS/c26-18(22-20-24-23-19(27-20)16-7-3-1-4-8-16)12-11-15-13-21-25(14-15)17-9-5-2-6-10-17/h1-14H,(H,22,24,26)/b12-11+. The first-order valence-electron chi connectivity index (χ1n) is 8.26. The fourth-order valence-corrected chi connectivity index (χ4v) is 3.19. The van der Waals surface area contributed by atoms with Crippen molar-refractivity contribution < 1.29 is 4.79 Å². The van der Waals surface area contributed by atoms with Gasteiger partial charge >= 0.3 is 0 Å². The van der Waals surface area contributed by atoms with Crippen molar-refractivity contribution >= 4 is 28.5 Å². The lowest BCUT2D eigenvalue weighted by Gasteiger charge is -1.98. The number of aromatic nitrogens is 4. The zero-order valence-electron chi connectivity index (χ0n) is 14.2. The molecule has 0 fully saturated rings. The van der Waals surface area contributed by atoms with Crippen LogP contribution in [0.4, 0.5) is 5.13 Å².